The normalized spacial score (nSPS) is 11.9. The van der Waals surface area contributed by atoms with E-state index in [0.29, 0.717) is 17.3 Å². The first-order valence-corrected chi connectivity index (χ1v) is 7.84. The molecular formula is C16H16ClN7O. The molecule has 0 fully saturated rings. The van der Waals surface area contributed by atoms with Gasteiger partial charge in [-0.15, -0.1) is 0 Å². The van der Waals surface area contributed by atoms with Crippen LogP contribution in [0.2, 0.25) is 5.02 Å². The third kappa shape index (κ3) is 3.76. The van der Waals surface area contributed by atoms with Crippen molar-refractivity contribution in [3.05, 3.63) is 65.3 Å². The summed E-state index contributed by atoms with van der Waals surface area (Å²) in [7, 11) is 0. The van der Waals surface area contributed by atoms with Gasteiger partial charge in [-0.25, -0.2) is 9.97 Å². The van der Waals surface area contributed by atoms with E-state index in [9.17, 15) is 4.79 Å². The van der Waals surface area contributed by atoms with Gasteiger partial charge in [0.05, 0.1) is 17.9 Å². The molecule has 128 valence electrons. The van der Waals surface area contributed by atoms with Crippen LogP contribution in [-0.4, -0.2) is 32.2 Å². The molecule has 8 nitrogen and oxygen atoms in total. The molecule has 2 aromatic heterocycles. The molecule has 0 radical (unpaired) electrons. The molecule has 1 unspecified atom stereocenters. The van der Waals surface area contributed by atoms with Crippen LogP contribution in [0, 0.1) is 0 Å². The summed E-state index contributed by atoms with van der Waals surface area (Å²) in [5.41, 5.74) is 13.0. The predicted octanol–water partition coefficient (Wildman–Crippen LogP) is 1.71. The van der Waals surface area contributed by atoms with Crippen molar-refractivity contribution in [3.8, 4) is 0 Å². The van der Waals surface area contributed by atoms with Crippen LogP contribution in [-0.2, 0) is 0 Å². The Hall–Kier alpha value is -2.97. The Bertz CT molecular complexity index is 895. The largest absolute Gasteiger partial charge is 0.382 e. The van der Waals surface area contributed by atoms with Gasteiger partial charge in [-0.2, -0.15) is 5.10 Å². The fourth-order valence-electron chi connectivity index (χ4n) is 2.40. The maximum atomic E-state index is 12.2. The average molecular weight is 358 g/mol. The minimum Gasteiger partial charge on any atom is -0.382 e. The van der Waals surface area contributed by atoms with Gasteiger partial charge in [0.25, 0.3) is 5.91 Å². The van der Waals surface area contributed by atoms with Crippen molar-refractivity contribution in [1.29, 1.82) is 0 Å². The molecule has 0 aliphatic rings. The summed E-state index contributed by atoms with van der Waals surface area (Å²) in [6, 6.07) is 7.19. The Labute approximate surface area is 148 Å². The summed E-state index contributed by atoms with van der Waals surface area (Å²) in [4.78, 5) is 20.0. The van der Waals surface area contributed by atoms with Crippen molar-refractivity contribution < 1.29 is 4.79 Å². The second-order valence-corrected chi connectivity index (χ2v) is 5.70. The lowest BCUT2D eigenvalue weighted by Crippen LogP contribution is -2.21. The van der Waals surface area contributed by atoms with Crippen molar-refractivity contribution in [2.24, 2.45) is 5.73 Å². The molecule has 3 rings (SSSR count). The first-order valence-electron chi connectivity index (χ1n) is 7.46. The number of nitrogens with one attached hydrogen (secondary N) is 1. The van der Waals surface area contributed by atoms with Gasteiger partial charge in [0.2, 0.25) is 0 Å². The van der Waals surface area contributed by atoms with Gasteiger partial charge >= 0.3 is 0 Å². The minimum atomic E-state index is -0.461. The second kappa shape index (κ2) is 7.29. The summed E-state index contributed by atoms with van der Waals surface area (Å²) in [6.07, 6.45) is 6.03. The van der Waals surface area contributed by atoms with Crippen LogP contribution in [0.15, 0.2) is 49.1 Å². The molecule has 1 atom stereocenters. The number of nitrogens with zero attached hydrogens (tertiary/aromatic N) is 4. The molecular weight excluding hydrogens is 342 g/mol. The van der Waals surface area contributed by atoms with E-state index in [4.69, 9.17) is 23.1 Å². The molecule has 0 bridgehead atoms. The van der Waals surface area contributed by atoms with E-state index in [-0.39, 0.29) is 17.6 Å². The quantitative estimate of drug-likeness (QED) is 0.638. The van der Waals surface area contributed by atoms with Gasteiger partial charge < -0.3 is 16.8 Å². The fraction of sp³-hybridized carbons (Fsp3) is 0.125. The summed E-state index contributed by atoms with van der Waals surface area (Å²) in [6.45, 7) is 0.326. The number of carbonyl (C=O) groups is 1. The molecule has 1 aromatic carbocycles. The van der Waals surface area contributed by atoms with Gasteiger partial charge in [0.15, 0.2) is 11.5 Å². The Kier molecular flexibility index (Phi) is 4.92. The first-order chi connectivity index (χ1) is 12.1. The maximum absolute atomic E-state index is 12.2. The van der Waals surface area contributed by atoms with Gasteiger partial charge in [-0.1, -0.05) is 23.7 Å². The number of amides is 1. The number of hydrogen-bond acceptors (Lipinski definition) is 6. The van der Waals surface area contributed by atoms with E-state index >= 15 is 0 Å². The van der Waals surface area contributed by atoms with E-state index < -0.39 is 5.91 Å². The monoisotopic (exact) mass is 357 g/mol. The number of hydrogen-bond donors (Lipinski definition) is 3. The molecule has 0 spiro atoms. The number of carbonyl (C=O) groups excluding carboxylic acids is 1. The Morgan fingerprint density at radius 1 is 1.32 bits per heavy atom. The summed E-state index contributed by atoms with van der Waals surface area (Å²) >= 11 is 6.04. The molecule has 0 aliphatic carbocycles. The Morgan fingerprint density at radius 2 is 2.12 bits per heavy atom. The lowest BCUT2D eigenvalue weighted by molar-refractivity contribution is 0.102. The van der Waals surface area contributed by atoms with Gasteiger partial charge in [-0.05, 0) is 17.7 Å². The van der Waals surface area contributed by atoms with E-state index in [2.05, 4.69) is 20.4 Å². The highest BCUT2D eigenvalue weighted by Crippen LogP contribution is 2.22. The third-order valence-electron chi connectivity index (χ3n) is 3.58. The molecule has 3 aromatic rings. The highest BCUT2D eigenvalue weighted by molar-refractivity contribution is 6.30. The molecule has 1 amide bonds. The van der Waals surface area contributed by atoms with E-state index in [1.165, 1.54) is 18.6 Å². The lowest BCUT2D eigenvalue weighted by Gasteiger charge is -2.16. The number of rotatable bonds is 5. The van der Waals surface area contributed by atoms with Crippen molar-refractivity contribution in [2.45, 2.75) is 6.04 Å². The van der Waals surface area contributed by atoms with Crippen molar-refractivity contribution in [3.63, 3.8) is 0 Å². The third-order valence-corrected chi connectivity index (χ3v) is 3.81. The first kappa shape index (κ1) is 16.9. The highest BCUT2D eigenvalue weighted by Gasteiger charge is 2.16. The van der Waals surface area contributed by atoms with Crippen LogP contribution < -0.4 is 16.8 Å². The Morgan fingerprint density at radius 3 is 2.84 bits per heavy atom. The second-order valence-electron chi connectivity index (χ2n) is 5.26. The number of benzene rings is 1. The molecule has 2 heterocycles. The fourth-order valence-corrected chi connectivity index (χ4v) is 2.60. The van der Waals surface area contributed by atoms with Crippen LogP contribution in [0.4, 0.5) is 11.5 Å². The topological polar surface area (TPSA) is 125 Å². The van der Waals surface area contributed by atoms with Crippen LogP contribution in [0.3, 0.4) is 0 Å². The van der Waals surface area contributed by atoms with Gasteiger partial charge in [-0.3, -0.25) is 9.48 Å². The average Bonchev–Trinajstić information content (AvgIpc) is 3.04. The van der Waals surface area contributed by atoms with Gasteiger partial charge in [0, 0.05) is 30.2 Å². The Balaban J connectivity index is 1.80. The van der Waals surface area contributed by atoms with Crippen LogP contribution in [0.5, 0.6) is 0 Å². The molecule has 0 aliphatic heterocycles. The van der Waals surface area contributed by atoms with Crippen LogP contribution in [0.1, 0.15) is 22.1 Å². The zero-order valence-corrected chi connectivity index (χ0v) is 13.9. The number of halogens is 1. The summed E-state index contributed by atoms with van der Waals surface area (Å²) < 4.78 is 1.67. The van der Waals surface area contributed by atoms with Gasteiger partial charge in [0.1, 0.15) is 0 Å². The standard InChI is InChI=1S/C16H16ClN7O/c17-11-3-1-2-10(6-11)13(7-18)24-9-12(8-22-24)23-16(25)14-15(19)21-5-4-20-14/h1-6,8-9,13H,7,18H2,(H2,19,21)(H,23,25). The maximum Gasteiger partial charge on any atom is 0.278 e. The number of nitrogens with two attached hydrogens (primary N) is 2. The number of nitrogen functional groups attached to an aromatic ring is 1. The summed E-state index contributed by atoms with van der Waals surface area (Å²) in [5, 5.41) is 7.58. The SMILES string of the molecule is NCC(c1cccc(Cl)c1)n1cc(NC(=O)c2nccnc2N)cn1. The highest BCUT2D eigenvalue weighted by atomic mass is 35.5. The smallest absolute Gasteiger partial charge is 0.278 e. The number of anilines is 2. The van der Waals surface area contributed by atoms with Crippen molar-refractivity contribution >= 4 is 29.0 Å². The number of aromatic nitrogens is 4. The van der Waals surface area contributed by atoms with Crippen LogP contribution >= 0.6 is 11.6 Å². The zero-order valence-electron chi connectivity index (χ0n) is 13.1. The molecule has 0 saturated carbocycles. The van der Waals surface area contributed by atoms with Crippen LogP contribution in [0.25, 0.3) is 0 Å². The lowest BCUT2D eigenvalue weighted by atomic mass is 10.1. The zero-order chi connectivity index (χ0) is 17.8. The van der Waals surface area contributed by atoms with E-state index in [1.807, 2.05) is 18.2 Å². The summed E-state index contributed by atoms with van der Waals surface area (Å²) in [5.74, 6) is -0.400. The molecule has 0 saturated heterocycles. The van der Waals surface area contributed by atoms with Crippen molar-refractivity contribution in [1.82, 2.24) is 19.7 Å². The van der Waals surface area contributed by atoms with Crippen molar-refractivity contribution in [2.75, 3.05) is 17.6 Å². The van der Waals surface area contributed by atoms with E-state index in [0.717, 1.165) is 5.56 Å². The molecule has 25 heavy (non-hydrogen) atoms. The predicted molar refractivity (Wildman–Crippen MR) is 95.3 cm³/mol. The van der Waals surface area contributed by atoms with E-state index in [1.54, 1.807) is 16.9 Å². The molecule has 9 heteroatoms. The minimum absolute atomic E-state index is 0.0560. The molecule has 5 N–H and O–H groups in total.